The number of benzene rings is 2. The van der Waals surface area contributed by atoms with Crippen LogP contribution in [0.3, 0.4) is 0 Å². The number of hydrogen-bond donors (Lipinski definition) is 1. The Hall–Kier alpha value is -2.79. The minimum absolute atomic E-state index is 0.489. The van der Waals surface area contributed by atoms with Crippen molar-refractivity contribution >= 4 is 39.6 Å². The first kappa shape index (κ1) is 15.7. The van der Waals surface area contributed by atoms with Gasteiger partial charge in [0.05, 0.1) is 11.5 Å². The SMILES string of the molecule is CC(C(=O)O)c1ccc2nc(-c3cn(C)c4ccc(Cl)cc34)oc2c1. The molecule has 0 radical (unpaired) electrons. The first-order valence-electron chi connectivity index (χ1n) is 7.82. The number of carboxylic acids is 1. The number of rotatable bonds is 3. The molecule has 4 rings (SSSR count). The van der Waals surface area contributed by atoms with Gasteiger partial charge in [-0.1, -0.05) is 17.7 Å². The van der Waals surface area contributed by atoms with Crippen LogP contribution in [0.4, 0.5) is 0 Å². The lowest BCUT2D eigenvalue weighted by molar-refractivity contribution is -0.138. The average Bonchev–Trinajstić information content (AvgIpc) is 3.14. The maximum absolute atomic E-state index is 11.2. The van der Waals surface area contributed by atoms with Crippen molar-refractivity contribution in [3.63, 3.8) is 0 Å². The monoisotopic (exact) mass is 354 g/mol. The van der Waals surface area contributed by atoms with Crippen LogP contribution in [0, 0.1) is 0 Å². The summed E-state index contributed by atoms with van der Waals surface area (Å²) in [6.07, 6.45) is 1.95. The van der Waals surface area contributed by atoms with E-state index in [4.69, 9.17) is 16.0 Å². The van der Waals surface area contributed by atoms with Crippen LogP contribution < -0.4 is 0 Å². The van der Waals surface area contributed by atoms with Crippen molar-refractivity contribution in [2.75, 3.05) is 0 Å². The molecule has 4 aromatic rings. The van der Waals surface area contributed by atoms with Gasteiger partial charge in [0.1, 0.15) is 5.52 Å². The van der Waals surface area contributed by atoms with E-state index >= 15 is 0 Å². The standard InChI is InChI=1S/C19H15ClN2O3/c1-10(19(23)24)11-3-5-15-17(7-11)25-18(21-15)14-9-22(2)16-6-4-12(20)8-13(14)16/h3-10H,1-2H3,(H,23,24). The number of nitrogens with zero attached hydrogens (tertiary/aromatic N) is 2. The van der Waals surface area contributed by atoms with Crippen molar-refractivity contribution < 1.29 is 14.3 Å². The van der Waals surface area contributed by atoms with E-state index in [-0.39, 0.29) is 0 Å². The molecule has 0 aliphatic carbocycles. The fourth-order valence-electron chi connectivity index (χ4n) is 3.00. The molecule has 0 saturated heterocycles. The number of halogens is 1. The topological polar surface area (TPSA) is 68.3 Å². The van der Waals surface area contributed by atoms with E-state index in [1.165, 1.54) is 0 Å². The highest BCUT2D eigenvalue weighted by Crippen LogP contribution is 2.34. The van der Waals surface area contributed by atoms with Crippen molar-refractivity contribution in [1.29, 1.82) is 0 Å². The smallest absolute Gasteiger partial charge is 0.310 e. The van der Waals surface area contributed by atoms with Crippen LogP contribution in [0.1, 0.15) is 18.4 Å². The number of aromatic nitrogens is 2. The lowest BCUT2D eigenvalue weighted by Crippen LogP contribution is -2.06. The largest absolute Gasteiger partial charge is 0.481 e. The van der Waals surface area contributed by atoms with Gasteiger partial charge in [-0.05, 0) is 42.8 Å². The molecule has 0 bridgehead atoms. The molecule has 6 heteroatoms. The quantitative estimate of drug-likeness (QED) is 0.572. The fourth-order valence-corrected chi connectivity index (χ4v) is 3.18. The molecule has 0 aliphatic rings. The zero-order chi connectivity index (χ0) is 17.7. The Morgan fingerprint density at radius 1 is 1.28 bits per heavy atom. The van der Waals surface area contributed by atoms with Crippen LogP contribution >= 0.6 is 11.6 Å². The second-order valence-electron chi connectivity index (χ2n) is 6.12. The fraction of sp³-hybridized carbons (Fsp3) is 0.158. The summed E-state index contributed by atoms with van der Waals surface area (Å²) < 4.78 is 7.92. The van der Waals surface area contributed by atoms with Crippen molar-refractivity contribution in [2.45, 2.75) is 12.8 Å². The van der Waals surface area contributed by atoms with Crippen LogP contribution in [-0.2, 0) is 11.8 Å². The van der Waals surface area contributed by atoms with Gasteiger partial charge < -0.3 is 14.1 Å². The summed E-state index contributed by atoms with van der Waals surface area (Å²) in [5, 5.41) is 10.8. The summed E-state index contributed by atoms with van der Waals surface area (Å²) in [5.41, 5.74) is 3.82. The number of oxazole rings is 1. The molecule has 1 atom stereocenters. The molecule has 25 heavy (non-hydrogen) atoms. The van der Waals surface area contributed by atoms with E-state index in [9.17, 15) is 9.90 Å². The third-order valence-electron chi connectivity index (χ3n) is 4.46. The van der Waals surface area contributed by atoms with E-state index in [0.717, 1.165) is 16.5 Å². The summed E-state index contributed by atoms with van der Waals surface area (Å²) >= 11 is 6.14. The predicted octanol–water partition coefficient (Wildman–Crippen LogP) is 4.83. The maximum atomic E-state index is 11.2. The second kappa shape index (κ2) is 5.63. The minimum Gasteiger partial charge on any atom is -0.481 e. The predicted molar refractivity (Wildman–Crippen MR) is 97.0 cm³/mol. The molecule has 0 fully saturated rings. The number of aryl methyl sites for hydroxylation is 1. The molecule has 2 aromatic carbocycles. The zero-order valence-corrected chi connectivity index (χ0v) is 14.4. The third-order valence-corrected chi connectivity index (χ3v) is 4.70. The Morgan fingerprint density at radius 3 is 2.84 bits per heavy atom. The molecule has 5 nitrogen and oxygen atoms in total. The van der Waals surface area contributed by atoms with Crippen molar-refractivity contribution in [1.82, 2.24) is 9.55 Å². The summed E-state index contributed by atoms with van der Waals surface area (Å²) in [4.78, 5) is 15.7. The van der Waals surface area contributed by atoms with Gasteiger partial charge in [0, 0.05) is 29.2 Å². The van der Waals surface area contributed by atoms with Crippen LogP contribution in [0.2, 0.25) is 5.02 Å². The second-order valence-corrected chi connectivity index (χ2v) is 6.56. The first-order valence-corrected chi connectivity index (χ1v) is 8.20. The molecule has 0 aliphatic heterocycles. The molecular formula is C19H15ClN2O3. The Kier molecular flexibility index (Phi) is 3.54. The molecule has 2 heterocycles. The normalized spacial score (nSPS) is 12.8. The van der Waals surface area contributed by atoms with Crippen LogP contribution in [0.15, 0.2) is 47.0 Å². The van der Waals surface area contributed by atoms with Crippen molar-refractivity contribution in [3.05, 3.63) is 53.2 Å². The van der Waals surface area contributed by atoms with Gasteiger partial charge in [-0.25, -0.2) is 4.98 Å². The van der Waals surface area contributed by atoms with Gasteiger partial charge in [0.15, 0.2) is 5.58 Å². The lowest BCUT2D eigenvalue weighted by atomic mass is 10.0. The summed E-state index contributed by atoms with van der Waals surface area (Å²) in [5.74, 6) is -0.986. The molecule has 2 aromatic heterocycles. The Morgan fingerprint density at radius 2 is 2.08 bits per heavy atom. The van der Waals surface area contributed by atoms with Crippen LogP contribution in [-0.4, -0.2) is 20.6 Å². The zero-order valence-electron chi connectivity index (χ0n) is 13.7. The number of fused-ring (bicyclic) bond motifs is 2. The van der Waals surface area contributed by atoms with Crippen molar-refractivity contribution in [3.8, 4) is 11.5 Å². The number of carbonyl (C=O) groups is 1. The Bertz CT molecular complexity index is 1130. The minimum atomic E-state index is -0.872. The Labute approximate surface area is 148 Å². The van der Waals surface area contributed by atoms with Gasteiger partial charge in [0.2, 0.25) is 5.89 Å². The van der Waals surface area contributed by atoms with Gasteiger partial charge in [-0.15, -0.1) is 0 Å². The van der Waals surface area contributed by atoms with Crippen LogP contribution in [0.5, 0.6) is 0 Å². The van der Waals surface area contributed by atoms with Gasteiger partial charge in [-0.3, -0.25) is 4.79 Å². The highest BCUT2D eigenvalue weighted by Gasteiger charge is 2.18. The summed E-state index contributed by atoms with van der Waals surface area (Å²) in [6, 6.07) is 11.0. The van der Waals surface area contributed by atoms with Gasteiger partial charge in [0.25, 0.3) is 0 Å². The summed E-state index contributed by atoms with van der Waals surface area (Å²) in [6.45, 7) is 1.65. The molecule has 1 unspecified atom stereocenters. The van der Waals surface area contributed by atoms with Crippen LogP contribution in [0.25, 0.3) is 33.5 Å². The molecule has 0 amide bonds. The molecule has 0 saturated carbocycles. The molecule has 1 N–H and O–H groups in total. The maximum Gasteiger partial charge on any atom is 0.310 e. The average molecular weight is 355 g/mol. The van der Waals surface area contributed by atoms with E-state index in [1.807, 2.05) is 36.0 Å². The van der Waals surface area contributed by atoms with E-state index in [1.54, 1.807) is 25.1 Å². The number of hydrogen-bond acceptors (Lipinski definition) is 3. The number of aliphatic carboxylic acids is 1. The summed E-state index contributed by atoms with van der Waals surface area (Å²) in [7, 11) is 1.95. The molecule has 0 spiro atoms. The van der Waals surface area contributed by atoms with E-state index < -0.39 is 11.9 Å². The van der Waals surface area contributed by atoms with E-state index in [2.05, 4.69) is 4.98 Å². The molecule has 126 valence electrons. The highest BCUT2D eigenvalue weighted by molar-refractivity contribution is 6.31. The van der Waals surface area contributed by atoms with Crippen molar-refractivity contribution in [2.24, 2.45) is 7.05 Å². The first-order chi connectivity index (χ1) is 11.9. The van der Waals surface area contributed by atoms with E-state index in [0.29, 0.717) is 27.6 Å². The lowest BCUT2D eigenvalue weighted by Gasteiger charge is -2.04. The van der Waals surface area contributed by atoms with Gasteiger partial charge >= 0.3 is 5.97 Å². The van der Waals surface area contributed by atoms with Gasteiger partial charge in [-0.2, -0.15) is 0 Å². The Balaban J connectivity index is 1.88. The third kappa shape index (κ3) is 2.57. The number of carboxylic acid groups (broad SMARTS) is 1. The molecular weight excluding hydrogens is 340 g/mol. The highest BCUT2D eigenvalue weighted by atomic mass is 35.5.